The minimum Gasteiger partial charge on any atom is -0.473 e. The highest BCUT2D eigenvalue weighted by atomic mass is 19.1. The van der Waals surface area contributed by atoms with Gasteiger partial charge in [-0.05, 0) is 30.9 Å². The molecule has 1 rings (SSSR count). The third-order valence-electron chi connectivity index (χ3n) is 2.02. The summed E-state index contributed by atoms with van der Waals surface area (Å²) < 4.78 is 18.8. The normalized spacial score (nSPS) is 11.9. The van der Waals surface area contributed by atoms with Crippen LogP contribution in [-0.4, -0.2) is 11.1 Å². The summed E-state index contributed by atoms with van der Waals surface area (Å²) in [6.45, 7) is 9.75. The lowest BCUT2D eigenvalue weighted by atomic mass is 9.88. The summed E-state index contributed by atoms with van der Waals surface area (Å²) >= 11 is 0. The van der Waals surface area contributed by atoms with E-state index in [9.17, 15) is 4.39 Å². The molecule has 0 aliphatic carbocycles. The molecule has 0 atom stereocenters. The lowest BCUT2D eigenvalue weighted by Crippen LogP contribution is -2.14. The quantitative estimate of drug-likeness (QED) is 0.748. The standard InChI is InChI=1S/C12H18FNO/c1-8(2)15-11-10(13)6-9(7-14-11)12(3,4)5/h6-8H,1-5H3. The molecule has 1 heterocycles. The number of aromatic nitrogens is 1. The van der Waals surface area contributed by atoms with E-state index in [-0.39, 0.29) is 17.4 Å². The van der Waals surface area contributed by atoms with Crippen molar-refractivity contribution >= 4 is 0 Å². The predicted octanol–water partition coefficient (Wildman–Crippen LogP) is 3.31. The highest BCUT2D eigenvalue weighted by Gasteiger charge is 2.17. The Morgan fingerprint density at radius 2 is 1.93 bits per heavy atom. The molecule has 0 bridgehead atoms. The fourth-order valence-electron chi connectivity index (χ4n) is 1.15. The smallest absolute Gasteiger partial charge is 0.250 e. The van der Waals surface area contributed by atoms with Crippen molar-refractivity contribution in [2.24, 2.45) is 0 Å². The van der Waals surface area contributed by atoms with E-state index >= 15 is 0 Å². The number of pyridine rings is 1. The van der Waals surface area contributed by atoms with Gasteiger partial charge in [-0.15, -0.1) is 0 Å². The first-order chi connectivity index (χ1) is 6.80. The third-order valence-corrected chi connectivity index (χ3v) is 2.02. The van der Waals surface area contributed by atoms with Crippen molar-refractivity contribution in [3.8, 4) is 5.88 Å². The first kappa shape index (κ1) is 12.0. The maximum atomic E-state index is 13.6. The minimum absolute atomic E-state index is 0.0625. The molecule has 0 spiro atoms. The molecule has 0 unspecified atom stereocenters. The number of ether oxygens (including phenoxy) is 1. The zero-order chi connectivity index (χ0) is 11.6. The highest BCUT2D eigenvalue weighted by Crippen LogP contribution is 2.25. The van der Waals surface area contributed by atoms with Crippen LogP contribution in [0.3, 0.4) is 0 Å². The average molecular weight is 211 g/mol. The van der Waals surface area contributed by atoms with E-state index in [1.165, 1.54) is 6.07 Å². The van der Waals surface area contributed by atoms with Crippen LogP contribution in [0.25, 0.3) is 0 Å². The Morgan fingerprint density at radius 1 is 1.33 bits per heavy atom. The molecule has 0 saturated carbocycles. The number of hydrogen-bond acceptors (Lipinski definition) is 2. The van der Waals surface area contributed by atoms with Crippen LogP contribution in [0, 0.1) is 5.82 Å². The molecule has 0 aliphatic heterocycles. The van der Waals surface area contributed by atoms with Gasteiger partial charge in [0, 0.05) is 6.20 Å². The van der Waals surface area contributed by atoms with Gasteiger partial charge in [-0.3, -0.25) is 0 Å². The Bertz CT molecular complexity index is 342. The van der Waals surface area contributed by atoms with Crippen LogP contribution in [0.4, 0.5) is 4.39 Å². The van der Waals surface area contributed by atoms with Gasteiger partial charge < -0.3 is 4.74 Å². The van der Waals surface area contributed by atoms with E-state index in [2.05, 4.69) is 4.98 Å². The molecule has 1 aromatic rings. The van der Waals surface area contributed by atoms with Crippen LogP contribution < -0.4 is 4.74 Å². The second-order valence-corrected chi connectivity index (χ2v) is 4.93. The molecule has 1 aromatic heterocycles. The Hall–Kier alpha value is -1.12. The van der Waals surface area contributed by atoms with E-state index in [4.69, 9.17) is 4.74 Å². The molecule has 0 fully saturated rings. The molecule has 3 heteroatoms. The maximum Gasteiger partial charge on any atom is 0.250 e. The van der Waals surface area contributed by atoms with Crippen molar-refractivity contribution in [3.05, 3.63) is 23.6 Å². The Morgan fingerprint density at radius 3 is 2.33 bits per heavy atom. The molecular formula is C12H18FNO. The molecule has 0 amide bonds. The Kier molecular flexibility index (Phi) is 3.32. The number of rotatable bonds is 2. The molecule has 84 valence electrons. The van der Waals surface area contributed by atoms with Crippen molar-refractivity contribution in [2.75, 3.05) is 0 Å². The van der Waals surface area contributed by atoms with Crippen molar-refractivity contribution in [1.29, 1.82) is 0 Å². The van der Waals surface area contributed by atoms with E-state index in [0.29, 0.717) is 0 Å². The van der Waals surface area contributed by atoms with Crippen LogP contribution in [0.1, 0.15) is 40.2 Å². The van der Waals surface area contributed by atoms with E-state index in [1.54, 1.807) is 6.20 Å². The summed E-state index contributed by atoms with van der Waals surface area (Å²) in [5.74, 6) is -0.311. The van der Waals surface area contributed by atoms with E-state index in [1.807, 2.05) is 34.6 Å². The first-order valence-corrected chi connectivity index (χ1v) is 5.13. The zero-order valence-electron chi connectivity index (χ0n) is 9.97. The van der Waals surface area contributed by atoms with Crippen molar-refractivity contribution in [1.82, 2.24) is 4.98 Å². The largest absolute Gasteiger partial charge is 0.473 e. The number of hydrogen-bond donors (Lipinski definition) is 0. The van der Waals surface area contributed by atoms with Crippen molar-refractivity contribution in [2.45, 2.75) is 46.1 Å². The molecule has 2 nitrogen and oxygen atoms in total. The molecule has 15 heavy (non-hydrogen) atoms. The predicted molar refractivity (Wildman–Crippen MR) is 58.7 cm³/mol. The first-order valence-electron chi connectivity index (χ1n) is 5.13. The number of nitrogens with zero attached hydrogens (tertiary/aromatic N) is 1. The van der Waals surface area contributed by atoms with Gasteiger partial charge in [-0.25, -0.2) is 9.37 Å². The average Bonchev–Trinajstić information content (AvgIpc) is 2.05. The van der Waals surface area contributed by atoms with Crippen molar-refractivity contribution < 1.29 is 9.13 Å². The summed E-state index contributed by atoms with van der Waals surface area (Å²) in [6, 6.07) is 1.49. The topological polar surface area (TPSA) is 22.1 Å². The maximum absolute atomic E-state index is 13.6. The molecule has 0 aliphatic rings. The fourth-order valence-corrected chi connectivity index (χ4v) is 1.15. The second-order valence-electron chi connectivity index (χ2n) is 4.93. The van der Waals surface area contributed by atoms with Gasteiger partial charge >= 0.3 is 0 Å². The third kappa shape index (κ3) is 3.18. The Labute approximate surface area is 90.5 Å². The summed E-state index contributed by atoms with van der Waals surface area (Å²) in [5, 5.41) is 0. The minimum atomic E-state index is -0.392. The van der Waals surface area contributed by atoms with Crippen LogP contribution in [0.15, 0.2) is 12.3 Å². The summed E-state index contributed by atoms with van der Waals surface area (Å²) in [4.78, 5) is 3.99. The van der Waals surface area contributed by atoms with Gasteiger partial charge in [0.2, 0.25) is 0 Å². The van der Waals surface area contributed by atoms with Crippen LogP contribution in [-0.2, 0) is 5.41 Å². The Balaban J connectivity index is 2.98. The zero-order valence-corrected chi connectivity index (χ0v) is 9.97. The van der Waals surface area contributed by atoms with Gasteiger partial charge in [0.05, 0.1) is 6.10 Å². The molecule has 0 aromatic carbocycles. The lowest BCUT2D eigenvalue weighted by molar-refractivity contribution is 0.220. The fraction of sp³-hybridized carbons (Fsp3) is 0.583. The molecule has 0 radical (unpaired) electrons. The monoisotopic (exact) mass is 211 g/mol. The summed E-state index contributed by atoms with van der Waals surface area (Å²) in [6.07, 6.45) is 1.60. The van der Waals surface area contributed by atoms with Crippen molar-refractivity contribution in [3.63, 3.8) is 0 Å². The van der Waals surface area contributed by atoms with E-state index < -0.39 is 5.82 Å². The number of halogens is 1. The molecule has 0 saturated heterocycles. The van der Waals surface area contributed by atoms with Gasteiger partial charge in [0.1, 0.15) is 0 Å². The van der Waals surface area contributed by atoms with Crippen LogP contribution in [0.5, 0.6) is 5.88 Å². The van der Waals surface area contributed by atoms with Crippen LogP contribution >= 0.6 is 0 Å². The van der Waals surface area contributed by atoms with Gasteiger partial charge in [-0.1, -0.05) is 20.8 Å². The summed E-state index contributed by atoms with van der Waals surface area (Å²) in [7, 11) is 0. The lowest BCUT2D eigenvalue weighted by Gasteiger charge is -2.19. The van der Waals surface area contributed by atoms with Crippen LogP contribution in [0.2, 0.25) is 0 Å². The second kappa shape index (κ2) is 4.17. The SMILES string of the molecule is CC(C)Oc1ncc(C(C)(C)C)cc1F. The van der Waals surface area contributed by atoms with Gasteiger partial charge in [0.25, 0.3) is 5.88 Å². The van der Waals surface area contributed by atoms with Gasteiger partial charge in [0.15, 0.2) is 5.82 Å². The molecule has 0 N–H and O–H groups in total. The summed E-state index contributed by atoms with van der Waals surface area (Å²) in [5.41, 5.74) is 0.778. The van der Waals surface area contributed by atoms with Gasteiger partial charge in [-0.2, -0.15) is 0 Å². The molecular weight excluding hydrogens is 193 g/mol. The van der Waals surface area contributed by atoms with E-state index in [0.717, 1.165) is 5.56 Å². The highest BCUT2D eigenvalue weighted by molar-refractivity contribution is 5.25.